The molecular formula is C27H31FN6O5. The molecule has 0 unspecified atom stereocenters. The molecule has 0 atom stereocenters. The van der Waals surface area contributed by atoms with E-state index in [1.165, 1.54) is 12.1 Å². The van der Waals surface area contributed by atoms with E-state index >= 15 is 0 Å². The molecule has 206 valence electrons. The van der Waals surface area contributed by atoms with E-state index in [0.717, 1.165) is 0 Å². The Hall–Kier alpha value is -4.16. The first kappa shape index (κ1) is 27.9. The van der Waals surface area contributed by atoms with Gasteiger partial charge in [-0.05, 0) is 23.8 Å². The third-order valence-corrected chi connectivity index (χ3v) is 6.50. The number of piperazine rings is 1. The Balaban J connectivity index is 1.30. The Labute approximate surface area is 224 Å². The monoisotopic (exact) mass is 538 g/mol. The molecule has 39 heavy (non-hydrogen) atoms. The minimum Gasteiger partial charge on any atom is -0.378 e. The summed E-state index contributed by atoms with van der Waals surface area (Å²) < 4.78 is 20.0. The number of rotatable bonds is 12. The van der Waals surface area contributed by atoms with E-state index in [1.807, 2.05) is 12.1 Å². The lowest BCUT2D eigenvalue weighted by atomic mass is 10.0. The summed E-state index contributed by atoms with van der Waals surface area (Å²) in [5, 5.41) is 13.4. The number of amides is 3. The van der Waals surface area contributed by atoms with E-state index in [4.69, 9.17) is 4.74 Å². The summed E-state index contributed by atoms with van der Waals surface area (Å²) in [7, 11) is 0. The molecule has 11 nitrogen and oxygen atoms in total. The third-order valence-electron chi connectivity index (χ3n) is 6.50. The first-order valence-corrected chi connectivity index (χ1v) is 12.7. The lowest BCUT2D eigenvalue weighted by Crippen LogP contribution is -2.52. The van der Waals surface area contributed by atoms with Crippen molar-refractivity contribution in [2.45, 2.75) is 6.42 Å². The number of hydrogen-bond acceptors (Lipinski definition) is 7. The Morgan fingerprint density at radius 1 is 1.03 bits per heavy atom. The highest BCUT2D eigenvalue weighted by atomic mass is 19.1. The van der Waals surface area contributed by atoms with Crippen molar-refractivity contribution in [1.82, 2.24) is 30.6 Å². The normalized spacial score (nSPS) is 13.5. The molecule has 2 aromatic carbocycles. The number of nitrogens with zero attached hydrogens (tertiary/aromatic N) is 3. The van der Waals surface area contributed by atoms with E-state index in [0.29, 0.717) is 87.3 Å². The predicted molar refractivity (Wildman–Crippen MR) is 142 cm³/mol. The van der Waals surface area contributed by atoms with Gasteiger partial charge in [-0.25, -0.2) is 9.49 Å². The van der Waals surface area contributed by atoms with Crippen LogP contribution in [0.1, 0.15) is 21.6 Å². The molecule has 1 aliphatic rings. The van der Waals surface area contributed by atoms with Crippen LogP contribution in [0.15, 0.2) is 47.3 Å². The maximum Gasteiger partial charge on any atom is 0.272 e. The second-order valence-corrected chi connectivity index (χ2v) is 9.07. The number of ether oxygens (including phenoxy) is 1. The fourth-order valence-corrected chi connectivity index (χ4v) is 4.42. The van der Waals surface area contributed by atoms with Crippen LogP contribution in [0.25, 0.3) is 10.8 Å². The Bertz CT molecular complexity index is 1370. The molecule has 0 spiro atoms. The summed E-state index contributed by atoms with van der Waals surface area (Å²) in [6, 6.07) is 11.5. The van der Waals surface area contributed by atoms with Gasteiger partial charge in [-0.15, -0.1) is 0 Å². The summed E-state index contributed by atoms with van der Waals surface area (Å²) in [6.45, 7) is 3.19. The van der Waals surface area contributed by atoms with Crippen LogP contribution in [0.3, 0.4) is 0 Å². The van der Waals surface area contributed by atoms with Gasteiger partial charge in [0, 0.05) is 51.1 Å². The molecule has 2 heterocycles. The third kappa shape index (κ3) is 7.24. The summed E-state index contributed by atoms with van der Waals surface area (Å²) >= 11 is 0. The number of carbonyl (C=O) groups is 3. The SMILES string of the molecule is O=CNCCOCCNCC(=O)N1CCN(C(=O)c2cc(Cc3n[nH]c(=O)c4ccccc34)ccc2F)CC1. The van der Waals surface area contributed by atoms with E-state index in [9.17, 15) is 23.6 Å². The number of H-pyrrole nitrogens is 1. The highest BCUT2D eigenvalue weighted by Crippen LogP contribution is 2.20. The number of aromatic nitrogens is 2. The fraction of sp³-hybridized carbons (Fsp3) is 0.370. The van der Waals surface area contributed by atoms with Gasteiger partial charge in [-0.1, -0.05) is 24.3 Å². The van der Waals surface area contributed by atoms with Crippen molar-refractivity contribution in [3.63, 3.8) is 0 Å². The van der Waals surface area contributed by atoms with Crippen molar-refractivity contribution < 1.29 is 23.5 Å². The van der Waals surface area contributed by atoms with Gasteiger partial charge >= 0.3 is 0 Å². The molecule has 0 aliphatic carbocycles. The molecule has 0 saturated carbocycles. The summed E-state index contributed by atoms with van der Waals surface area (Å²) in [4.78, 5) is 51.1. The second-order valence-electron chi connectivity index (χ2n) is 9.07. The molecule has 4 rings (SSSR count). The van der Waals surface area contributed by atoms with Crippen molar-refractivity contribution in [3.05, 3.63) is 75.5 Å². The van der Waals surface area contributed by atoms with Gasteiger partial charge in [0.25, 0.3) is 11.5 Å². The van der Waals surface area contributed by atoms with E-state index in [-0.39, 0.29) is 23.6 Å². The molecule has 0 bridgehead atoms. The molecule has 1 fully saturated rings. The van der Waals surface area contributed by atoms with Crippen LogP contribution in [0.4, 0.5) is 4.39 Å². The van der Waals surface area contributed by atoms with Gasteiger partial charge in [-0.2, -0.15) is 5.10 Å². The first-order chi connectivity index (χ1) is 19.0. The van der Waals surface area contributed by atoms with Crippen molar-refractivity contribution >= 4 is 29.0 Å². The number of hydrogen-bond donors (Lipinski definition) is 3. The van der Waals surface area contributed by atoms with Gasteiger partial charge in [0.2, 0.25) is 12.3 Å². The molecule has 1 aliphatic heterocycles. The quantitative estimate of drug-likeness (QED) is 0.223. The van der Waals surface area contributed by atoms with Crippen molar-refractivity contribution in [3.8, 4) is 0 Å². The zero-order valence-electron chi connectivity index (χ0n) is 21.5. The second kappa shape index (κ2) is 13.6. The fourth-order valence-electron chi connectivity index (χ4n) is 4.42. The summed E-state index contributed by atoms with van der Waals surface area (Å²) in [5.41, 5.74) is 0.990. The van der Waals surface area contributed by atoms with E-state index in [1.54, 1.807) is 28.0 Å². The van der Waals surface area contributed by atoms with Crippen LogP contribution >= 0.6 is 0 Å². The number of carbonyl (C=O) groups excluding carboxylic acids is 3. The molecule has 3 amide bonds. The summed E-state index contributed by atoms with van der Waals surface area (Å²) in [6.07, 6.45) is 0.922. The molecule has 1 saturated heterocycles. The first-order valence-electron chi connectivity index (χ1n) is 12.7. The van der Waals surface area contributed by atoms with Gasteiger partial charge < -0.3 is 25.2 Å². The van der Waals surface area contributed by atoms with Gasteiger partial charge in [0.05, 0.1) is 36.4 Å². The van der Waals surface area contributed by atoms with E-state index < -0.39 is 11.7 Å². The van der Waals surface area contributed by atoms with Crippen molar-refractivity contribution in [2.75, 3.05) is 59.0 Å². The number of benzene rings is 2. The van der Waals surface area contributed by atoms with Crippen molar-refractivity contribution in [2.24, 2.45) is 0 Å². The smallest absolute Gasteiger partial charge is 0.272 e. The number of fused-ring (bicyclic) bond motifs is 1. The topological polar surface area (TPSA) is 137 Å². The van der Waals surface area contributed by atoms with Crippen molar-refractivity contribution in [1.29, 1.82) is 0 Å². The van der Waals surface area contributed by atoms with Crippen LogP contribution in [-0.2, 0) is 20.7 Å². The van der Waals surface area contributed by atoms with Crippen LogP contribution < -0.4 is 16.2 Å². The average molecular weight is 539 g/mol. The predicted octanol–water partition coefficient (Wildman–Crippen LogP) is 0.290. The number of nitrogens with one attached hydrogen (secondary N) is 3. The Morgan fingerprint density at radius 2 is 1.74 bits per heavy atom. The number of halogens is 1. The van der Waals surface area contributed by atoms with E-state index in [2.05, 4.69) is 20.8 Å². The molecule has 3 aromatic rings. The maximum atomic E-state index is 14.7. The lowest BCUT2D eigenvalue weighted by molar-refractivity contribution is -0.131. The minimum atomic E-state index is -0.616. The summed E-state index contributed by atoms with van der Waals surface area (Å²) in [5.74, 6) is -1.13. The Morgan fingerprint density at radius 3 is 2.51 bits per heavy atom. The molecular weight excluding hydrogens is 507 g/mol. The largest absolute Gasteiger partial charge is 0.378 e. The molecule has 3 N–H and O–H groups in total. The molecule has 1 aromatic heterocycles. The van der Waals surface area contributed by atoms with Crippen LogP contribution in [0, 0.1) is 5.82 Å². The molecule has 12 heteroatoms. The highest BCUT2D eigenvalue weighted by molar-refractivity contribution is 5.95. The lowest BCUT2D eigenvalue weighted by Gasteiger charge is -2.35. The van der Waals surface area contributed by atoms with Crippen LogP contribution in [0.2, 0.25) is 0 Å². The minimum absolute atomic E-state index is 0.0361. The zero-order valence-corrected chi connectivity index (χ0v) is 21.5. The van der Waals surface area contributed by atoms with Crippen LogP contribution in [0.5, 0.6) is 0 Å². The van der Waals surface area contributed by atoms with Gasteiger partial charge in [0.15, 0.2) is 0 Å². The van der Waals surface area contributed by atoms with Gasteiger partial charge in [0.1, 0.15) is 5.82 Å². The average Bonchev–Trinajstić information content (AvgIpc) is 2.96. The highest BCUT2D eigenvalue weighted by Gasteiger charge is 2.26. The maximum absolute atomic E-state index is 14.7. The zero-order chi connectivity index (χ0) is 27.6. The van der Waals surface area contributed by atoms with Gasteiger partial charge in [-0.3, -0.25) is 19.2 Å². The Kier molecular flexibility index (Phi) is 9.70. The number of aromatic amines is 1. The molecule has 0 radical (unpaired) electrons. The standard InChI is InChI=1S/C27H31FN6O5/c28-23-6-5-19(16-24-20-3-1-2-4-21(20)26(37)32-31-24)15-22(23)27(38)34-11-9-33(10-12-34)25(36)17-29-7-13-39-14-8-30-18-35/h1-6,15,18,29H,7-14,16-17H2,(H,30,35)(H,32,37). The van der Waals surface area contributed by atoms with Crippen LogP contribution in [-0.4, -0.2) is 97.2 Å².